The van der Waals surface area contributed by atoms with E-state index in [0.717, 1.165) is 11.3 Å². The van der Waals surface area contributed by atoms with Gasteiger partial charge in [0.25, 0.3) is 0 Å². The summed E-state index contributed by atoms with van der Waals surface area (Å²) in [6.45, 7) is 0.506. The van der Waals surface area contributed by atoms with Crippen molar-refractivity contribution in [3.63, 3.8) is 0 Å². The zero-order chi connectivity index (χ0) is 15.4. The Kier molecular flexibility index (Phi) is 5.45. The summed E-state index contributed by atoms with van der Waals surface area (Å²) >= 11 is 18.2. The lowest BCUT2D eigenvalue weighted by Crippen LogP contribution is -2.02. The quantitative estimate of drug-likeness (QED) is 0.799. The van der Waals surface area contributed by atoms with Gasteiger partial charge in [-0.1, -0.05) is 34.8 Å². The topological polar surface area (TPSA) is 30.5 Å². The monoisotopic (exact) mass is 345 g/mol. The van der Waals surface area contributed by atoms with Crippen LogP contribution in [0.3, 0.4) is 0 Å². The molecule has 0 fully saturated rings. The van der Waals surface area contributed by atoms with Crippen molar-refractivity contribution >= 4 is 40.5 Å². The van der Waals surface area contributed by atoms with E-state index in [1.54, 1.807) is 32.4 Å². The fourth-order valence-electron chi connectivity index (χ4n) is 1.95. The average molecular weight is 347 g/mol. The highest BCUT2D eigenvalue weighted by Gasteiger charge is 2.10. The second-order valence-corrected chi connectivity index (χ2v) is 5.53. The number of nitrogens with one attached hydrogen (secondary N) is 1. The predicted molar refractivity (Wildman–Crippen MR) is 88.3 cm³/mol. The first-order valence-electron chi connectivity index (χ1n) is 6.14. The van der Waals surface area contributed by atoms with Gasteiger partial charge in [-0.25, -0.2) is 0 Å². The molecule has 0 spiro atoms. The maximum absolute atomic E-state index is 6.11. The van der Waals surface area contributed by atoms with Crippen molar-refractivity contribution in [2.75, 3.05) is 19.5 Å². The summed E-state index contributed by atoms with van der Waals surface area (Å²) in [6, 6.07) is 8.93. The summed E-state index contributed by atoms with van der Waals surface area (Å²) < 4.78 is 10.4. The van der Waals surface area contributed by atoms with Gasteiger partial charge in [-0.3, -0.25) is 0 Å². The summed E-state index contributed by atoms with van der Waals surface area (Å²) in [4.78, 5) is 0. The number of hydrogen-bond acceptors (Lipinski definition) is 3. The third-order valence-electron chi connectivity index (χ3n) is 2.92. The van der Waals surface area contributed by atoms with Gasteiger partial charge in [0, 0.05) is 22.8 Å². The largest absolute Gasteiger partial charge is 0.495 e. The third kappa shape index (κ3) is 3.88. The molecule has 21 heavy (non-hydrogen) atoms. The van der Waals surface area contributed by atoms with E-state index in [9.17, 15) is 0 Å². The molecule has 0 atom stereocenters. The summed E-state index contributed by atoms with van der Waals surface area (Å²) in [5.74, 6) is 1.23. The lowest BCUT2D eigenvalue weighted by molar-refractivity contribution is 0.410. The van der Waals surface area contributed by atoms with Crippen LogP contribution in [0.25, 0.3) is 0 Å². The van der Waals surface area contributed by atoms with E-state index in [4.69, 9.17) is 44.3 Å². The Hall–Kier alpha value is -1.29. The number of halogens is 3. The van der Waals surface area contributed by atoms with Crippen LogP contribution in [0.5, 0.6) is 11.5 Å². The molecule has 0 aliphatic rings. The molecule has 0 aliphatic heterocycles. The standard InChI is InChI=1S/C15H14Cl3NO2/c1-20-14-4-3-11(7-12(14)17)19-8-9-5-10(16)6-13(18)15(9)21-2/h3-7,19H,8H2,1-2H3. The highest BCUT2D eigenvalue weighted by Crippen LogP contribution is 2.33. The second kappa shape index (κ2) is 7.12. The highest BCUT2D eigenvalue weighted by atomic mass is 35.5. The summed E-state index contributed by atoms with van der Waals surface area (Å²) in [7, 11) is 3.15. The zero-order valence-electron chi connectivity index (χ0n) is 11.5. The number of benzene rings is 2. The van der Waals surface area contributed by atoms with Crippen LogP contribution in [-0.2, 0) is 6.54 Å². The van der Waals surface area contributed by atoms with Crippen LogP contribution in [0.2, 0.25) is 15.1 Å². The van der Waals surface area contributed by atoms with Crippen LogP contribution in [0.4, 0.5) is 5.69 Å². The van der Waals surface area contributed by atoms with E-state index in [1.807, 2.05) is 12.1 Å². The van der Waals surface area contributed by atoms with Gasteiger partial charge in [-0.2, -0.15) is 0 Å². The molecule has 6 heteroatoms. The Labute approximate surface area is 138 Å². The minimum Gasteiger partial charge on any atom is -0.495 e. The highest BCUT2D eigenvalue weighted by molar-refractivity contribution is 6.35. The van der Waals surface area contributed by atoms with Crippen molar-refractivity contribution in [1.29, 1.82) is 0 Å². The molecule has 1 N–H and O–H groups in total. The SMILES string of the molecule is COc1ccc(NCc2cc(Cl)cc(Cl)c2OC)cc1Cl. The van der Waals surface area contributed by atoms with Gasteiger partial charge < -0.3 is 14.8 Å². The molecule has 0 saturated heterocycles. The molecule has 0 bridgehead atoms. The fraction of sp³-hybridized carbons (Fsp3) is 0.200. The number of anilines is 1. The minimum absolute atomic E-state index is 0.481. The van der Waals surface area contributed by atoms with Gasteiger partial charge in [-0.05, 0) is 30.3 Å². The van der Waals surface area contributed by atoms with Crippen LogP contribution >= 0.6 is 34.8 Å². The molecular weight excluding hydrogens is 333 g/mol. The maximum Gasteiger partial charge on any atom is 0.142 e. The Morgan fingerprint density at radius 2 is 1.71 bits per heavy atom. The Morgan fingerprint density at radius 3 is 2.33 bits per heavy atom. The molecule has 0 aromatic heterocycles. The van der Waals surface area contributed by atoms with Gasteiger partial charge >= 0.3 is 0 Å². The number of hydrogen-bond donors (Lipinski definition) is 1. The molecule has 0 radical (unpaired) electrons. The summed E-state index contributed by atoms with van der Waals surface area (Å²) in [6.07, 6.45) is 0. The van der Waals surface area contributed by atoms with Crippen molar-refractivity contribution < 1.29 is 9.47 Å². The van der Waals surface area contributed by atoms with Crippen LogP contribution in [0.1, 0.15) is 5.56 Å². The van der Waals surface area contributed by atoms with Crippen molar-refractivity contribution in [2.45, 2.75) is 6.54 Å². The third-order valence-corrected chi connectivity index (χ3v) is 3.72. The van der Waals surface area contributed by atoms with Gasteiger partial charge in [0.2, 0.25) is 0 Å². The molecule has 0 amide bonds. The van der Waals surface area contributed by atoms with E-state index >= 15 is 0 Å². The second-order valence-electron chi connectivity index (χ2n) is 4.28. The first-order valence-corrected chi connectivity index (χ1v) is 7.28. The normalized spacial score (nSPS) is 10.3. The first-order chi connectivity index (χ1) is 10.0. The molecule has 2 rings (SSSR count). The Balaban J connectivity index is 2.18. The van der Waals surface area contributed by atoms with Crippen molar-refractivity contribution in [2.24, 2.45) is 0 Å². The number of methoxy groups -OCH3 is 2. The van der Waals surface area contributed by atoms with E-state index in [2.05, 4.69) is 5.32 Å². The lowest BCUT2D eigenvalue weighted by atomic mass is 10.2. The van der Waals surface area contributed by atoms with Gasteiger partial charge in [0.15, 0.2) is 0 Å². The van der Waals surface area contributed by atoms with Crippen LogP contribution in [0.15, 0.2) is 30.3 Å². The van der Waals surface area contributed by atoms with Crippen LogP contribution in [-0.4, -0.2) is 14.2 Å². The molecule has 0 aliphatic carbocycles. The molecule has 3 nitrogen and oxygen atoms in total. The van der Waals surface area contributed by atoms with Gasteiger partial charge in [0.1, 0.15) is 11.5 Å². The average Bonchev–Trinajstić information content (AvgIpc) is 2.44. The summed E-state index contributed by atoms with van der Waals surface area (Å²) in [5.41, 5.74) is 1.72. The number of ether oxygens (including phenoxy) is 2. The van der Waals surface area contributed by atoms with Crippen molar-refractivity contribution in [3.8, 4) is 11.5 Å². The smallest absolute Gasteiger partial charge is 0.142 e. The fourth-order valence-corrected chi connectivity index (χ4v) is 2.82. The number of rotatable bonds is 5. The van der Waals surface area contributed by atoms with E-state index in [-0.39, 0.29) is 0 Å². The zero-order valence-corrected chi connectivity index (χ0v) is 13.8. The first kappa shape index (κ1) is 16.1. The minimum atomic E-state index is 0.481. The van der Waals surface area contributed by atoms with Crippen molar-refractivity contribution in [3.05, 3.63) is 51.0 Å². The molecule has 0 saturated carbocycles. The molecular formula is C15H14Cl3NO2. The maximum atomic E-state index is 6.11. The molecule has 0 unspecified atom stereocenters. The van der Waals surface area contributed by atoms with Gasteiger partial charge in [0.05, 0.1) is 24.3 Å². The summed E-state index contributed by atoms with van der Waals surface area (Å²) in [5, 5.41) is 4.83. The van der Waals surface area contributed by atoms with Crippen LogP contribution < -0.4 is 14.8 Å². The Bertz CT molecular complexity index is 647. The van der Waals surface area contributed by atoms with E-state index < -0.39 is 0 Å². The molecule has 2 aromatic rings. The Morgan fingerprint density at radius 1 is 0.952 bits per heavy atom. The van der Waals surface area contributed by atoms with Gasteiger partial charge in [-0.15, -0.1) is 0 Å². The predicted octanol–water partition coefficient (Wildman–Crippen LogP) is 5.28. The molecule has 2 aromatic carbocycles. The van der Waals surface area contributed by atoms with E-state index in [0.29, 0.717) is 33.1 Å². The molecule has 112 valence electrons. The lowest BCUT2D eigenvalue weighted by Gasteiger charge is -2.13. The molecule has 0 heterocycles. The van der Waals surface area contributed by atoms with Crippen LogP contribution in [0, 0.1) is 0 Å². The van der Waals surface area contributed by atoms with E-state index in [1.165, 1.54) is 0 Å². The van der Waals surface area contributed by atoms with Crippen molar-refractivity contribution in [1.82, 2.24) is 0 Å².